The molecule has 4 heterocycles. The lowest BCUT2D eigenvalue weighted by atomic mass is 9.80. The van der Waals surface area contributed by atoms with Crippen LogP contribution in [0.1, 0.15) is 80.2 Å². The lowest BCUT2D eigenvalue weighted by molar-refractivity contribution is -0.116. The second kappa shape index (κ2) is 22.6. The molecule has 352 valence electrons. The molecular formula is C48H55N8O9PS. The molecule has 2 amide bonds. The van der Waals surface area contributed by atoms with E-state index in [0.29, 0.717) is 17.1 Å². The highest BCUT2D eigenvalue weighted by Gasteiger charge is 2.45. The summed E-state index contributed by atoms with van der Waals surface area (Å²) in [6, 6.07) is 29.3. The predicted molar refractivity (Wildman–Crippen MR) is 255 cm³/mol. The number of thiophene rings is 1. The summed E-state index contributed by atoms with van der Waals surface area (Å²) in [5, 5.41) is 18.3. The SMILES string of the molecule is COc1ccc(C(OC[C@H]2O[C@@H](n3cnc4c(=O)[nH]c(NC(=O)CCNC(=O)c5ccsc5)nc43)C[C@H]2OP(OCCC#N)N(C(C)C)C(C)C)(c2ccccc2)c2ccc(OC)cc2)cc1. The highest BCUT2D eigenvalue weighted by molar-refractivity contribution is 7.44. The van der Waals surface area contributed by atoms with Gasteiger partial charge in [0.05, 0.1) is 52.4 Å². The number of methoxy groups -OCH3 is 2. The van der Waals surface area contributed by atoms with Gasteiger partial charge in [-0.2, -0.15) is 21.6 Å². The van der Waals surface area contributed by atoms with Crippen LogP contribution in [0, 0.1) is 11.3 Å². The van der Waals surface area contributed by atoms with Crippen molar-refractivity contribution >= 4 is 48.8 Å². The van der Waals surface area contributed by atoms with Gasteiger partial charge in [-0.25, -0.2) is 9.65 Å². The van der Waals surface area contributed by atoms with Crippen LogP contribution in [0.5, 0.6) is 11.5 Å². The fourth-order valence-electron chi connectivity index (χ4n) is 8.00. The van der Waals surface area contributed by atoms with Crippen LogP contribution in [0.15, 0.2) is 107 Å². The minimum atomic E-state index is -1.74. The zero-order valence-corrected chi connectivity index (χ0v) is 39.9. The molecular weight excluding hydrogens is 896 g/mol. The van der Waals surface area contributed by atoms with E-state index in [1.807, 2.05) is 78.9 Å². The van der Waals surface area contributed by atoms with Crippen LogP contribution in [0.3, 0.4) is 0 Å². The first kappa shape index (κ1) is 48.9. The van der Waals surface area contributed by atoms with E-state index >= 15 is 0 Å². The van der Waals surface area contributed by atoms with Gasteiger partial charge in [-0.15, -0.1) is 0 Å². The fourth-order valence-corrected chi connectivity index (χ4v) is 10.4. The maximum atomic E-state index is 13.4. The van der Waals surface area contributed by atoms with Gasteiger partial charge in [-0.3, -0.25) is 29.3 Å². The molecule has 3 N–H and O–H groups in total. The van der Waals surface area contributed by atoms with Crippen LogP contribution in [0.2, 0.25) is 0 Å². The standard InChI is InChI=1S/C48H55N8O9PS/c1-31(2)56(32(3)4)66(63-25-10-23-49)65-39-27-42(55-30-51-43-44(55)53-47(54-46(43)59)52-41(57)21-24-50-45(58)33-22-26-67-29-33)64-40(39)28-62-48(34-11-8-7-9-12-34,35-13-17-37(60-5)18-14-35)36-15-19-38(61-6)20-16-36/h7-9,11-20,22,26,29-32,39-40,42H,10,21,24-25,27-28H2,1-6H3,(H,50,58)(H2,52,53,54,57,59)/t39-,40-,42-,66?/m1/s1. The Morgan fingerprint density at radius 1 is 0.985 bits per heavy atom. The van der Waals surface area contributed by atoms with E-state index in [0.717, 1.165) is 16.7 Å². The zero-order valence-electron chi connectivity index (χ0n) is 38.2. The third-order valence-corrected chi connectivity index (χ3v) is 14.0. The van der Waals surface area contributed by atoms with Gasteiger partial charge in [0.15, 0.2) is 11.2 Å². The summed E-state index contributed by atoms with van der Waals surface area (Å²) in [4.78, 5) is 50.5. The summed E-state index contributed by atoms with van der Waals surface area (Å²) in [5.41, 5.74) is 1.48. The number of hydrogen-bond donors (Lipinski definition) is 3. The first-order valence-electron chi connectivity index (χ1n) is 21.9. The topological polar surface area (TPSA) is 204 Å². The molecule has 0 aliphatic carbocycles. The zero-order chi connectivity index (χ0) is 47.5. The number of nitrogens with zero attached hydrogens (tertiary/aromatic N) is 5. The summed E-state index contributed by atoms with van der Waals surface area (Å²) in [5.74, 6) is 0.512. The Kier molecular flexibility index (Phi) is 16.5. The van der Waals surface area contributed by atoms with Crippen LogP contribution < -0.4 is 25.7 Å². The molecule has 7 rings (SSSR count). The number of amides is 2. The molecule has 1 saturated heterocycles. The molecule has 1 aliphatic rings. The van der Waals surface area contributed by atoms with Gasteiger partial charge in [-0.05, 0) is 80.1 Å². The van der Waals surface area contributed by atoms with Crippen molar-refractivity contribution in [1.29, 1.82) is 5.26 Å². The summed E-state index contributed by atoms with van der Waals surface area (Å²) in [6.07, 6.45) is -0.315. The number of aromatic nitrogens is 4. The Morgan fingerprint density at radius 2 is 1.64 bits per heavy atom. The van der Waals surface area contributed by atoms with Gasteiger partial charge in [0, 0.05) is 42.4 Å². The summed E-state index contributed by atoms with van der Waals surface area (Å²) in [7, 11) is 1.51. The number of benzene rings is 3. The molecule has 0 saturated carbocycles. The molecule has 1 aliphatic heterocycles. The predicted octanol–water partition coefficient (Wildman–Crippen LogP) is 7.91. The molecule has 19 heteroatoms. The lowest BCUT2D eigenvalue weighted by Gasteiger charge is -2.39. The first-order valence-corrected chi connectivity index (χ1v) is 24.0. The lowest BCUT2D eigenvalue weighted by Crippen LogP contribution is -2.39. The second-order valence-corrected chi connectivity index (χ2v) is 18.4. The normalized spacial score (nSPS) is 16.6. The van der Waals surface area contributed by atoms with Crippen LogP contribution in [0.4, 0.5) is 5.95 Å². The number of anilines is 1. The van der Waals surface area contributed by atoms with E-state index in [4.69, 9.17) is 28.0 Å². The van der Waals surface area contributed by atoms with Gasteiger partial charge in [0.25, 0.3) is 20.0 Å². The van der Waals surface area contributed by atoms with E-state index in [2.05, 4.69) is 64.0 Å². The van der Waals surface area contributed by atoms with Gasteiger partial charge in [0.1, 0.15) is 29.4 Å². The Balaban J connectivity index is 1.24. The molecule has 0 spiro atoms. The number of rotatable bonds is 22. The molecule has 1 fully saturated rings. The number of hydrogen-bond acceptors (Lipinski definition) is 14. The summed E-state index contributed by atoms with van der Waals surface area (Å²) >= 11 is 1.40. The van der Waals surface area contributed by atoms with E-state index in [-0.39, 0.29) is 74.1 Å². The third-order valence-electron chi connectivity index (χ3n) is 11.1. The molecule has 4 atom stereocenters. The van der Waals surface area contributed by atoms with E-state index in [1.165, 1.54) is 17.7 Å². The van der Waals surface area contributed by atoms with Crippen LogP contribution in [-0.2, 0) is 28.9 Å². The van der Waals surface area contributed by atoms with Crippen LogP contribution in [-0.4, -0.2) is 94.3 Å². The van der Waals surface area contributed by atoms with Crippen molar-refractivity contribution in [2.75, 3.05) is 39.3 Å². The number of fused-ring (bicyclic) bond motifs is 1. The van der Waals surface area contributed by atoms with Gasteiger partial charge in [0.2, 0.25) is 11.9 Å². The van der Waals surface area contributed by atoms with Crippen molar-refractivity contribution in [2.24, 2.45) is 0 Å². The number of nitrogens with one attached hydrogen (secondary N) is 3. The number of imidazole rings is 1. The van der Waals surface area contributed by atoms with E-state index < -0.39 is 44.0 Å². The van der Waals surface area contributed by atoms with Crippen LogP contribution in [0.25, 0.3) is 11.2 Å². The molecule has 1 unspecified atom stereocenters. The number of carbonyl (C=O) groups is 2. The maximum absolute atomic E-state index is 13.4. The number of aromatic amines is 1. The van der Waals surface area contributed by atoms with Crippen molar-refractivity contribution in [2.45, 2.75) is 83.1 Å². The smallest absolute Gasteiger partial charge is 0.280 e. The monoisotopic (exact) mass is 950 g/mol. The molecule has 17 nitrogen and oxygen atoms in total. The molecule has 67 heavy (non-hydrogen) atoms. The average Bonchev–Trinajstić information content (AvgIpc) is 4.11. The quantitative estimate of drug-likeness (QED) is 0.0337. The number of H-pyrrole nitrogens is 1. The number of nitriles is 1. The summed E-state index contributed by atoms with van der Waals surface area (Å²) in [6.45, 7) is 8.51. The molecule has 6 aromatic rings. The van der Waals surface area contributed by atoms with Crippen molar-refractivity contribution in [1.82, 2.24) is 29.5 Å². The second-order valence-electron chi connectivity index (χ2n) is 16.2. The summed E-state index contributed by atoms with van der Waals surface area (Å²) < 4.78 is 42.6. The number of carbonyl (C=O) groups excluding carboxylic acids is 2. The van der Waals surface area contributed by atoms with Gasteiger partial charge < -0.3 is 33.3 Å². The third kappa shape index (κ3) is 11.4. The Labute approximate surface area is 394 Å². The minimum Gasteiger partial charge on any atom is -0.497 e. The van der Waals surface area contributed by atoms with Crippen LogP contribution >= 0.6 is 19.9 Å². The van der Waals surface area contributed by atoms with Crippen molar-refractivity contribution < 1.29 is 37.6 Å². The Hall–Kier alpha value is -6.03. The first-order chi connectivity index (χ1) is 32.4. The molecule has 3 aromatic carbocycles. The Morgan fingerprint density at radius 3 is 2.24 bits per heavy atom. The highest BCUT2D eigenvalue weighted by Crippen LogP contribution is 2.51. The van der Waals surface area contributed by atoms with Crippen molar-refractivity contribution in [3.05, 3.63) is 135 Å². The fraction of sp³-hybridized carbons (Fsp3) is 0.375. The van der Waals surface area contributed by atoms with Crippen molar-refractivity contribution in [3.8, 4) is 17.6 Å². The molecule has 0 radical (unpaired) electrons. The minimum absolute atomic E-state index is 0.00371. The number of ether oxygens (including phenoxy) is 4. The van der Waals surface area contributed by atoms with Gasteiger partial charge in [-0.1, -0.05) is 54.6 Å². The Bertz CT molecular complexity index is 2600. The van der Waals surface area contributed by atoms with Crippen molar-refractivity contribution in [3.63, 3.8) is 0 Å². The van der Waals surface area contributed by atoms with E-state index in [1.54, 1.807) is 35.6 Å². The largest absolute Gasteiger partial charge is 0.497 e. The highest BCUT2D eigenvalue weighted by atomic mass is 32.1. The average molecular weight is 951 g/mol. The molecule has 3 aromatic heterocycles. The van der Waals surface area contributed by atoms with Gasteiger partial charge >= 0.3 is 0 Å². The molecule has 0 bridgehead atoms. The maximum Gasteiger partial charge on any atom is 0.280 e. The van der Waals surface area contributed by atoms with E-state index in [9.17, 15) is 19.6 Å².